The number of aromatic nitrogens is 2. The fourth-order valence-corrected chi connectivity index (χ4v) is 5.78. The smallest absolute Gasteiger partial charge is 0.409 e. The van der Waals surface area contributed by atoms with Crippen molar-refractivity contribution in [3.8, 4) is 11.3 Å². The van der Waals surface area contributed by atoms with Crippen LogP contribution in [0.15, 0.2) is 30.5 Å². The van der Waals surface area contributed by atoms with Crippen LogP contribution in [0.4, 0.5) is 13.6 Å². The average Bonchev–Trinajstić information content (AvgIpc) is 3.05. The van der Waals surface area contributed by atoms with Gasteiger partial charge in [0.15, 0.2) is 0 Å². The second-order valence-corrected chi connectivity index (χ2v) is 10.4. The summed E-state index contributed by atoms with van der Waals surface area (Å²) < 4.78 is 37.2. The molecule has 0 saturated carbocycles. The standard InChI is InChI=1S/C26H30F2N4O3S/c1-16-7-10-32-20(14-26(36-4)8-5-6-9-31(15-26)25(34)35-3)23(30-21(32)11-16)22-18(27)12-17(13-19(22)28)24(33)29-2/h7,10-13H,5-6,8-9,14-15H2,1-4H3,(H,29,33)/t26-/m0/s1. The van der Waals surface area contributed by atoms with E-state index in [4.69, 9.17) is 4.74 Å². The minimum Gasteiger partial charge on any atom is -0.453 e. The van der Waals surface area contributed by atoms with E-state index in [0.29, 0.717) is 30.9 Å². The Morgan fingerprint density at radius 2 is 1.94 bits per heavy atom. The number of nitrogens with zero attached hydrogens (tertiary/aromatic N) is 3. The van der Waals surface area contributed by atoms with E-state index in [9.17, 15) is 9.59 Å². The lowest BCUT2D eigenvalue weighted by Gasteiger charge is -2.34. The van der Waals surface area contributed by atoms with Crippen LogP contribution >= 0.6 is 11.8 Å². The summed E-state index contributed by atoms with van der Waals surface area (Å²) in [4.78, 5) is 30.8. The Morgan fingerprint density at radius 1 is 1.22 bits per heavy atom. The molecule has 2 aromatic heterocycles. The Labute approximate surface area is 213 Å². The molecule has 1 aliphatic rings. The molecule has 1 aliphatic heterocycles. The molecule has 1 N–H and O–H groups in total. The number of pyridine rings is 1. The minimum atomic E-state index is -0.856. The van der Waals surface area contributed by atoms with E-state index in [1.54, 1.807) is 16.7 Å². The van der Waals surface area contributed by atoms with Crippen LogP contribution in [-0.4, -0.2) is 64.5 Å². The van der Waals surface area contributed by atoms with Crippen molar-refractivity contribution in [2.75, 3.05) is 33.5 Å². The van der Waals surface area contributed by atoms with Gasteiger partial charge in [-0.25, -0.2) is 18.6 Å². The Morgan fingerprint density at radius 3 is 2.58 bits per heavy atom. The molecule has 1 saturated heterocycles. The Kier molecular flexibility index (Phi) is 7.54. The second kappa shape index (κ2) is 10.5. The number of halogens is 2. The summed E-state index contributed by atoms with van der Waals surface area (Å²) in [6.45, 7) is 2.97. The number of fused-ring (bicyclic) bond motifs is 1. The van der Waals surface area contributed by atoms with Gasteiger partial charge in [0.2, 0.25) is 0 Å². The van der Waals surface area contributed by atoms with Gasteiger partial charge in [-0.3, -0.25) is 4.79 Å². The number of carbonyl (C=O) groups excluding carboxylic acids is 2. The van der Waals surface area contributed by atoms with Crippen molar-refractivity contribution >= 4 is 29.4 Å². The molecule has 3 aromatic rings. The number of thioether (sulfide) groups is 1. The number of benzene rings is 1. The molecule has 4 rings (SSSR count). The van der Waals surface area contributed by atoms with Crippen LogP contribution < -0.4 is 5.32 Å². The van der Waals surface area contributed by atoms with Crippen LogP contribution in [0.2, 0.25) is 0 Å². The highest BCUT2D eigenvalue weighted by Gasteiger charge is 2.38. The normalized spacial score (nSPS) is 18.2. The maximum atomic E-state index is 15.4. The van der Waals surface area contributed by atoms with Crippen molar-refractivity contribution in [2.24, 2.45) is 0 Å². The lowest BCUT2D eigenvalue weighted by Crippen LogP contribution is -2.43. The third-order valence-electron chi connectivity index (χ3n) is 6.79. The highest BCUT2D eigenvalue weighted by molar-refractivity contribution is 8.00. The van der Waals surface area contributed by atoms with Crippen LogP contribution in [-0.2, 0) is 11.2 Å². The summed E-state index contributed by atoms with van der Waals surface area (Å²) in [5.74, 6) is -2.29. The van der Waals surface area contributed by atoms with Gasteiger partial charge in [0, 0.05) is 43.1 Å². The van der Waals surface area contributed by atoms with Gasteiger partial charge in [0.05, 0.1) is 24.1 Å². The second-order valence-electron chi connectivity index (χ2n) is 9.15. The summed E-state index contributed by atoms with van der Waals surface area (Å²) >= 11 is 1.64. The van der Waals surface area contributed by atoms with Crippen LogP contribution in [0.5, 0.6) is 0 Å². The number of likely N-dealkylation sites (tertiary alicyclic amines) is 1. The number of aryl methyl sites for hydroxylation is 1. The lowest BCUT2D eigenvalue weighted by molar-refractivity contribution is 0.0962. The van der Waals surface area contributed by atoms with Crippen molar-refractivity contribution in [2.45, 2.75) is 37.4 Å². The van der Waals surface area contributed by atoms with Crippen molar-refractivity contribution in [3.05, 3.63) is 58.9 Å². The molecule has 7 nitrogen and oxygen atoms in total. The number of hydrogen-bond acceptors (Lipinski definition) is 5. The maximum Gasteiger partial charge on any atom is 0.409 e. The monoisotopic (exact) mass is 516 g/mol. The third-order valence-corrected chi connectivity index (χ3v) is 8.14. The Hall–Kier alpha value is -3.14. The van der Waals surface area contributed by atoms with Gasteiger partial charge in [-0.1, -0.05) is 6.42 Å². The molecule has 1 fully saturated rings. The average molecular weight is 517 g/mol. The van der Waals surface area contributed by atoms with E-state index in [1.807, 2.05) is 35.9 Å². The van der Waals surface area contributed by atoms with Crippen molar-refractivity contribution in [3.63, 3.8) is 0 Å². The Bertz CT molecular complexity index is 1290. The molecule has 36 heavy (non-hydrogen) atoms. The van der Waals surface area contributed by atoms with Gasteiger partial charge in [0.1, 0.15) is 17.3 Å². The number of methoxy groups -OCH3 is 1. The van der Waals surface area contributed by atoms with Crippen LogP contribution in [0.3, 0.4) is 0 Å². The zero-order valence-corrected chi connectivity index (χ0v) is 21.7. The molecular weight excluding hydrogens is 486 g/mol. The number of nitrogens with one attached hydrogen (secondary N) is 1. The van der Waals surface area contributed by atoms with Gasteiger partial charge in [-0.15, -0.1) is 0 Å². The highest BCUT2D eigenvalue weighted by Crippen LogP contribution is 2.40. The van der Waals surface area contributed by atoms with Gasteiger partial charge in [-0.05, 0) is 55.9 Å². The third kappa shape index (κ3) is 4.91. The first-order valence-electron chi connectivity index (χ1n) is 11.8. The topological polar surface area (TPSA) is 75.9 Å². The zero-order chi connectivity index (χ0) is 26.0. The molecule has 0 aliphatic carbocycles. The largest absolute Gasteiger partial charge is 0.453 e. The number of amides is 2. The molecule has 0 spiro atoms. The van der Waals surface area contributed by atoms with E-state index < -0.39 is 22.3 Å². The fraction of sp³-hybridized carbons (Fsp3) is 0.423. The number of ether oxygens (including phenoxy) is 1. The number of imidazole rings is 1. The number of hydrogen-bond donors (Lipinski definition) is 1. The van der Waals surface area contributed by atoms with E-state index in [2.05, 4.69) is 10.3 Å². The quantitative estimate of drug-likeness (QED) is 0.525. The molecule has 3 heterocycles. The van der Waals surface area contributed by atoms with Gasteiger partial charge >= 0.3 is 6.09 Å². The summed E-state index contributed by atoms with van der Waals surface area (Å²) in [6, 6.07) is 5.85. The summed E-state index contributed by atoms with van der Waals surface area (Å²) in [7, 11) is 2.77. The summed E-state index contributed by atoms with van der Waals surface area (Å²) in [5.41, 5.74) is 2.01. The first-order chi connectivity index (χ1) is 17.2. The summed E-state index contributed by atoms with van der Waals surface area (Å²) in [5, 5.41) is 2.39. The molecule has 2 amide bonds. The summed E-state index contributed by atoms with van der Waals surface area (Å²) in [6.07, 6.45) is 6.47. The maximum absolute atomic E-state index is 15.4. The molecule has 1 aromatic carbocycles. The van der Waals surface area contributed by atoms with Crippen LogP contribution in [0, 0.1) is 18.6 Å². The molecule has 10 heteroatoms. The predicted octanol–water partition coefficient (Wildman–Crippen LogP) is 4.84. The van der Waals surface area contributed by atoms with Crippen LogP contribution in [0.1, 0.15) is 40.9 Å². The number of rotatable bonds is 5. The lowest BCUT2D eigenvalue weighted by atomic mass is 9.93. The minimum absolute atomic E-state index is 0.101. The van der Waals surface area contributed by atoms with E-state index in [-0.39, 0.29) is 22.9 Å². The van der Waals surface area contributed by atoms with Crippen LogP contribution in [0.25, 0.3) is 16.9 Å². The van der Waals surface area contributed by atoms with Gasteiger partial charge in [-0.2, -0.15) is 11.8 Å². The van der Waals surface area contributed by atoms with Gasteiger partial charge < -0.3 is 19.4 Å². The zero-order valence-electron chi connectivity index (χ0n) is 20.9. The SMILES string of the molecule is CNC(=O)c1cc(F)c(-c2nc3cc(C)ccn3c2C[C@@]2(SC)CCCCN(C(=O)OC)C2)c(F)c1. The number of carbonyl (C=O) groups is 2. The first kappa shape index (κ1) is 25.9. The molecule has 1 atom stereocenters. The predicted molar refractivity (Wildman–Crippen MR) is 136 cm³/mol. The molecular formula is C26H30F2N4O3S. The van der Waals surface area contributed by atoms with Gasteiger partial charge in [0.25, 0.3) is 5.91 Å². The van der Waals surface area contributed by atoms with Crippen molar-refractivity contribution in [1.29, 1.82) is 0 Å². The van der Waals surface area contributed by atoms with Crippen molar-refractivity contribution < 1.29 is 23.1 Å². The first-order valence-corrected chi connectivity index (χ1v) is 13.0. The fourth-order valence-electron chi connectivity index (χ4n) is 4.87. The highest BCUT2D eigenvalue weighted by atomic mass is 32.2. The van der Waals surface area contributed by atoms with Crippen molar-refractivity contribution in [1.82, 2.24) is 19.6 Å². The molecule has 192 valence electrons. The molecule has 0 bridgehead atoms. The van der Waals surface area contributed by atoms with E-state index >= 15 is 8.78 Å². The molecule has 0 radical (unpaired) electrons. The molecule has 0 unspecified atom stereocenters. The van der Waals surface area contributed by atoms with E-state index in [1.165, 1.54) is 14.2 Å². The Balaban J connectivity index is 1.87. The van der Waals surface area contributed by atoms with E-state index in [0.717, 1.165) is 37.0 Å².